The minimum Gasteiger partial charge on any atom is -0.305 e. The molecular weight excluding hydrogens is 328 g/mol. The fourth-order valence-corrected chi connectivity index (χ4v) is 4.57. The van der Waals surface area contributed by atoms with E-state index in [9.17, 15) is 10.1 Å². The Morgan fingerprint density at radius 2 is 1.96 bits per heavy atom. The summed E-state index contributed by atoms with van der Waals surface area (Å²) in [5.41, 5.74) is 3.33. The van der Waals surface area contributed by atoms with Crippen molar-refractivity contribution in [1.82, 2.24) is 4.57 Å². The van der Waals surface area contributed by atoms with Gasteiger partial charge in [0.2, 0.25) is 0 Å². The van der Waals surface area contributed by atoms with Gasteiger partial charge in [0.25, 0.3) is 5.56 Å². The van der Waals surface area contributed by atoms with Gasteiger partial charge in [-0.2, -0.15) is 5.26 Å². The van der Waals surface area contributed by atoms with Crippen molar-refractivity contribution >= 4 is 23.4 Å². The van der Waals surface area contributed by atoms with Crippen LogP contribution in [0.3, 0.4) is 0 Å². The first-order valence-electron chi connectivity index (χ1n) is 7.64. The average molecular weight is 345 g/mol. The van der Waals surface area contributed by atoms with Gasteiger partial charge in [0.05, 0.1) is 5.03 Å². The molecule has 0 N–H and O–H groups in total. The van der Waals surface area contributed by atoms with Gasteiger partial charge in [0.1, 0.15) is 11.6 Å². The third-order valence-electron chi connectivity index (χ3n) is 4.28. The van der Waals surface area contributed by atoms with Crippen molar-refractivity contribution in [3.8, 4) is 6.07 Å². The van der Waals surface area contributed by atoms with Gasteiger partial charge in [-0.3, -0.25) is 4.79 Å². The molecule has 1 aromatic heterocycles. The molecule has 0 atom stereocenters. The Morgan fingerprint density at radius 1 is 1.26 bits per heavy atom. The van der Waals surface area contributed by atoms with Crippen LogP contribution in [0.5, 0.6) is 0 Å². The standard InChI is InChI=1S/C18H17ClN2OS/c1-21-17(22)15(10-20)13-7-3-4-8-14(13)18(21)23-11-12-6-2-5-9-16(12)19/h2,5-6,9H,3-4,7-8,11H2,1H3. The summed E-state index contributed by atoms with van der Waals surface area (Å²) in [5, 5.41) is 11.1. The maximum Gasteiger partial charge on any atom is 0.269 e. The lowest BCUT2D eigenvalue weighted by molar-refractivity contribution is 0.631. The van der Waals surface area contributed by atoms with Crippen LogP contribution in [0, 0.1) is 11.3 Å². The second-order valence-electron chi connectivity index (χ2n) is 5.70. The van der Waals surface area contributed by atoms with E-state index in [1.807, 2.05) is 24.3 Å². The van der Waals surface area contributed by atoms with Crippen molar-refractivity contribution in [2.24, 2.45) is 7.05 Å². The highest BCUT2D eigenvalue weighted by atomic mass is 35.5. The topological polar surface area (TPSA) is 45.8 Å². The minimum absolute atomic E-state index is 0.185. The molecule has 1 aliphatic rings. The van der Waals surface area contributed by atoms with E-state index in [2.05, 4.69) is 6.07 Å². The average Bonchev–Trinajstić information content (AvgIpc) is 2.57. The van der Waals surface area contributed by atoms with Crippen LogP contribution >= 0.6 is 23.4 Å². The molecule has 0 fully saturated rings. The Bertz CT molecular complexity index is 851. The number of nitriles is 1. The number of aromatic nitrogens is 1. The highest BCUT2D eigenvalue weighted by molar-refractivity contribution is 7.98. The highest BCUT2D eigenvalue weighted by Gasteiger charge is 2.22. The van der Waals surface area contributed by atoms with Gasteiger partial charge in [-0.25, -0.2) is 0 Å². The SMILES string of the molecule is Cn1c(SCc2ccccc2Cl)c2c(c(C#N)c1=O)CCCC2. The van der Waals surface area contributed by atoms with Crippen molar-refractivity contribution in [1.29, 1.82) is 5.26 Å². The number of halogens is 1. The van der Waals surface area contributed by atoms with Crippen LogP contribution in [0.25, 0.3) is 0 Å². The molecule has 3 rings (SSSR count). The Labute approximate surface area is 144 Å². The maximum atomic E-state index is 12.5. The molecule has 0 bridgehead atoms. The number of hydrogen-bond acceptors (Lipinski definition) is 3. The van der Waals surface area contributed by atoms with Crippen molar-refractivity contribution in [3.63, 3.8) is 0 Å². The molecule has 1 heterocycles. The van der Waals surface area contributed by atoms with Gasteiger partial charge in [0.15, 0.2) is 0 Å². The van der Waals surface area contributed by atoms with E-state index in [-0.39, 0.29) is 5.56 Å². The predicted molar refractivity (Wildman–Crippen MR) is 94.1 cm³/mol. The summed E-state index contributed by atoms with van der Waals surface area (Å²) in [6, 6.07) is 9.87. The van der Waals surface area contributed by atoms with Crippen molar-refractivity contribution in [2.45, 2.75) is 36.5 Å². The van der Waals surface area contributed by atoms with E-state index in [4.69, 9.17) is 11.6 Å². The zero-order valence-electron chi connectivity index (χ0n) is 12.9. The largest absolute Gasteiger partial charge is 0.305 e. The van der Waals surface area contributed by atoms with Gasteiger partial charge < -0.3 is 4.57 Å². The Hall–Kier alpha value is -1.70. The van der Waals surface area contributed by atoms with Gasteiger partial charge in [-0.1, -0.05) is 29.8 Å². The fourth-order valence-electron chi connectivity index (χ4n) is 3.07. The second kappa shape index (κ2) is 6.82. The third kappa shape index (κ3) is 3.04. The smallest absolute Gasteiger partial charge is 0.269 e. The number of nitrogens with zero attached hydrogens (tertiary/aromatic N) is 2. The predicted octanol–water partition coefficient (Wildman–Crippen LogP) is 4.08. The van der Waals surface area contributed by atoms with Crippen molar-refractivity contribution in [2.75, 3.05) is 0 Å². The number of pyridine rings is 1. The number of rotatable bonds is 3. The number of fused-ring (bicyclic) bond motifs is 1. The minimum atomic E-state index is -0.185. The van der Waals surface area contributed by atoms with Crippen molar-refractivity contribution < 1.29 is 0 Å². The molecule has 3 nitrogen and oxygen atoms in total. The second-order valence-corrected chi connectivity index (χ2v) is 7.07. The lowest BCUT2D eigenvalue weighted by Gasteiger charge is -2.22. The molecule has 1 aliphatic carbocycles. The van der Waals surface area contributed by atoms with Gasteiger partial charge >= 0.3 is 0 Å². The van der Waals surface area contributed by atoms with Crippen LogP contribution in [-0.4, -0.2) is 4.57 Å². The lowest BCUT2D eigenvalue weighted by atomic mass is 9.90. The Morgan fingerprint density at radius 3 is 2.65 bits per heavy atom. The quantitative estimate of drug-likeness (QED) is 0.788. The molecule has 0 aliphatic heterocycles. The molecule has 0 spiro atoms. The highest BCUT2D eigenvalue weighted by Crippen LogP contribution is 2.33. The molecular formula is C18H17ClN2OS. The Kier molecular flexibility index (Phi) is 4.79. The molecule has 118 valence electrons. The summed E-state index contributed by atoms with van der Waals surface area (Å²) in [4.78, 5) is 12.5. The summed E-state index contributed by atoms with van der Waals surface area (Å²) in [7, 11) is 1.76. The molecule has 0 saturated heterocycles. The van der Waals surface area contributed by atoms with Crippen LogP contribution in [0.15, 0.2) is 34.1 Å². The van der Waals surface area contributed by atoms with Gasteiger partial charge in [-0.05, 0) is 48.4 Å². The van der Waals surface area contributed by atoms with E-state index >= 15 is 0 Å². The lowest BCUT2D eigenvalue weighted by Crippen LogP contribution is -2.27. The molecule has 5 heteroatoms. The molecule has 0 amide bonds. The van der Waals surface area contributed by atoms with E-state index in [1.165, 1.54) is 5.56 Å². The molecule has 23 heavy (non-hydrogen) atoms. The van der Waals surface area contributed by atoms with Crippen LogP contribution < -0.4 is 5.56 Å². The summed E-state index contributed by atoms with van der Waals surface area (Å²) in [6.07, 6.45) is 3.91. The zero-order chi connectivity index (χ0) is 16.4. The van der Waals surface area contributed by atoms with Crippen LogP contribution in [0.2, 0.25) is 5.02 Å². The monoisotopic (exact) mass is 344 g/mol. The van der Waals surface area contributed by atoms with E-state index in [0.717, 1.165) is 46.9 Å². The van der Waals surface area contributed by atoms with Crippen LogP contribution in [0.4, 0.5) is 0 Å². The zero-order valence-corrected chi connectivity index (χ0v) is 14.5. The molecule has 1 aromatic carbocycles. The third-order valence-corrected chi connectivity index (χ3v) is 5.90. The molecule has 0 saturated carbocycles. The first kappa shape index (κ1) is 16.2. The summed E-state index contributed by atoms with van der Waals surface area (Å²) in [6.45, 7) is 0. The molecule has 0 unspecified atom stereocenters. The fraction of sp³-hybridized carbons (Fsp3) is 0.333. The van der Waals surface area contributed by atoms with Crippen molar-refractivity contribution in [3.05, 3.63) is 61.9 Å². The number of benzene rings is 1. The molecule has 2 aromatic rings. The summed E-state index contributed by atoms with van der Waals surface area (Å²) < 4.78 is 1.63. The maximum absolute atomic E-state index is 12.5. The summed E-state index contributed by atoms with van der Waals surface area (Å²) in [5.74, 6) is 0.714. The van der Waals surface area contributed by atoms with Gasteiger partial charge in [0, 0.05) is 17.8 Å². The van der Waals surface area contributed by atoms with Crippen LogP contribution in [-0.2, 0) is 25.6 Å². The number of thioether (sulfide) groups is 1. The van der Waals surface area contributed by atoms with E-state index in [1.54, 1.807) is 23.4 Å². The first-order chi connectivity index (χ1) is 11.1. The van der Waals surface area contributed by atoms with Crippen LogP contribution in [0.1, 0.15) is 35.1 Å². The Balaban J connectivity index is 2.03. The molecule has 0 radical (unpaired) electrons. The normalized spacial score (nSPS) is 13.4. The summed E-state index contributed by atoms with van der Waals surface area (Å²) >= 11 is 7.86. The van der Waals surface area contributed by atoms with E-state index < -0.39 is 0 Å². The van der Waals surface area contributed by atoms with E-state index in [0.29, 0.717) is 11.3 Å². The van der Waals surface area contributed by atoms with Gasteiger partial charge in [-0.15, -0.1) is 11.8 Å². The first-order valence-corrected chi connectivity index (χ1v) is 9.01. The number of hydrogen-bond donors (Lipinski definition) is 0.